The molecular weight excluding hydrogens is 395 g/mol. The number of methoxy groups -OCH3 is 1. The Labute approximate surface area is 163 Å². The number of rotatable bonds is 3. The molecule has 1 aliphatic rings. The smallest absolute Gasteiger partial charge is 0.289 e. The van der Waals surface area contributed by atoms with E-state index < -0.39 is 5.79 Å². The van der Waals surface area contributed by atoms with Gasteiger partial charge in [-0.1, -0.05) is 23.2 Å². The number of pyridine rings is 1. The van der Waals surface area contributed by atoms with Gasteiger partial charge in [0, 0.05) is 40.7 Å². The zero-order valence-electron chi connectivity index (χ0n) is 13.4. The third-order valence-electron chi connectivity index (χ3n) is 4.00. The summed E-state index contributed by atoms with van der Waals surface area (Å²) in [6.07, 6.45) is 6.29. The maximum absolute atomic E-state index is 11.3. The zero-order chi connectivity index (χ0) is 18.3. The summed E-state index contributed by atoms with van der Waals surface area (Å²) in [6, 6.07) is 5.33. The Bertz CT molecular complexity index is 987. The molecular formula is C18H12Cl2N2O3S. The van der Waals surface area contributed by atoms with E-state index in [9.17, 15) is 5.11 Å². The normalized spacial score (nSPS) is 20.1. The number of hydrogen-bond acceptors (Lipinski definition) is 6. The SMILES string of the molecule is COc1ccc2c(c1)C(O)(c1nccs1)OC2=Cc1c(Cl)cncc1Cl. The average Bonchev–Trinajstić information content (AvgIpc) is 3.26. The number of aliphatic hydroxyl groups is 1. The van der Waals surface area contributed by atoms with E-state index in [1.54, 1.807) is 36.9 Å². The Kier molecular flexibility index (Phi) is 4.36. The number of thiazole rings is 1. The van der Waals surface area contributed by atoms with Crippen LogP contribution in [0.4, 0.5) is 0 Å². The molecule has 0 saturated carbocycles. The fraction of sp³-hybridized carbons (Fsp3) is 0.111. The van der Waals surface area contributed by atoms with E-state index in [2.05, 4.69) is 9.97 Å². The molecule has 3 heterocycles. The minimum Gasteiger partial charge on any atom is -0.497 e. The largest absolute Gasteiger partial charge is 0.497 e. The van der Waals surface area contributed by atoms with Gasteiger partial charge in [-0.25, -0.2) is 4.98 Å². The molecule has 1 aromatic carbocycles. The fourth-order valence-electron chi connectivity index (χ4n) is 2.76. The monoisotopic (exact) mass is 406 g/mol. The minimum absolute atomic E-state index is 0.383. The van der Waals surface area contributed by atoms with Gasteiger partial charge in [0.1, 0.15) is 11.5 Å². The lowest BCUT2D eigenvalue weighted by atomic mass is 10.0. The first kappa shape index (κ1) is 17.3. The van der Waals surface area contributed by atoms with Gasteiger partial charge in [-0.05, 0) is 24.3 Å². The molecule has 0 fully saturated rings. The van der Waals surface area contributed by atoms with Gasteiger partial charge in [-0.2, -0.15) is 0 Å². The third kappa shape index (κ3) is 2.75. The van der Waals surface area contributed by atoms with Crippen LogP contribution in [0.25, 0.3) is 11.8 Å². The highest BCUT2D eigenvalue weighted by atomic mass is 35.5. The molecule has 0 amide bonds. The first-order valence-corrected chi connectivity index (χ1v) is 9.17. The molecule has 1 unspecified atom stereocenters. The molecule has 1 aliphatic heterocycles. The Morgan fingerprint density at radius 1 is 1.27 bits per heavy atom. The summed E-state index contributed by atoms with van der Waals surface area (Å²) in [5.41, 5.74) is 1.80. The summed E-state index contributed by atoms with van der Waals surface area (Å²) in [5, 5.41) is 14.2. The summed E-state index contributed by atoms with van der Waals surface area (Å²) >= 11 is 13.7. The zero-order valence-corrected chi connectivity index (χ0v) is 15.8. The van der Waals surface area contributed by atoms with Gasteiger partial charge in [0.15, 0.2) is 5.01 Å². The summed E-state index contributed by atoms with van der Waals surface area (Å²) in [5.74, 6) is -0.686. The molecule has 0 saturated heterocycles. The van der Waals surface area contributed by atoms with Crippen LogP contribution in [0.2, 0.25) is 10.0 Å². The Morgan fingerprint density at radius 2 is 2.04 bits per heavy atom. The van der Waals surface area contributed by atoms with Crippen LogP contribution in [0.5, 0.6) is 5.75 Å². The Balaban J connectivity index is 1.91. The highest BCUT2D eigenvalue weighted by Crippen LogP contribution is 2.48. The van der Waals surface area contributed by atoms with Crippen LogP contribution in [0.15, 0.2) is 42.2 Å². The van der Waals surface area contributed by atoms with Crippen molar-refractivity contribution in [3.8, 4) is 5.75 Å². The molecule has 0 aliphatic carbocycles. The summed E-state index contributed by atoms with van der Waals surface area (Å²) in [4.78, 5) is 8.16. The fourth-order valence-corrected chi connectivity index (χ4v) is 3.92. The lowest BCUT2D eigenvalue weighted by molar-refractivity contribution is -0.117. The van der Waals surface area contributed by atoms with Crippen molar-refractivity contribution < 1.29 is 14.6 Å². The summed E-state index contributed by atoms with van der Waals surface area (Å²) in [7, 11) is 1.56. The number of halogens is 2. The van der Waals surface area contributed by atoms with E-state index in [1.807, 2.05) is 6.07 Å². The number of ether oxygens (including phenoxy) is 2. The second-order valence-electron chi connectivity index (χ2n) is 5.52. The molecule has 5 nitrogen and oxygen atoms in total. The Hall–Kier alpha value is -2.12. The average molecular weight is 407 g/mol. The van der Waals surface area contributed by atoms with Crippen LogP contribution in [0, 0.1) is 0 Å². The van der Waals surface area contributed by atoms with Crippen molar-refractivity contribution in [1.82, 2.24) is 9.97 Å². The number of fused-ring (bicyclic) bond motifs is 1. The quantitative estimate of drug-likeness (QED) is 0.689. The van der Waals surface area contributed by atoms with Crippen molar-refractivity contribution in [2.24, 2.45) is 0 Å². The van der Waals surface area contributed by atoms with E-state index in [0.717, 1.165) is 0 Å². The standard InChI is InChI=1S/C18H12Cl2N2O3S/c1-24-10-2-3-11-13(6-10)18(23,17-22-4-5-26-17)25-16(11)7-12-14(19)8-21-9-15(12)20/h2-9,23H,1H3. The van der Waals surface area contributed by atoms with Crippen LogP contribution in [-0.2, 0) is 10.5 Å². The second kappa shape index (κ2) is 6.55. The van der Waals surface area contributed by atoms with E-state index in [-0.39, 0.29) is 0 Å². The first-order valence-electron chi connectivity index (χ1n) is 7.54. The first-order chi connectivity index (χ1) is 12.5. The number of hydrogen-bond donors (Lipinski definition) is 1. The molecule has 4 rings (SSSR count). The molecule has 1 atom stereocenters. The van der Waals surface area contributed by atoms with Crippen molar-refractivity contribution in [3.63, 3.8) is 0 Å². The molecule has 0 radical (unpaired) electrons. The van der Waals surface area contributed by atoms with Gasteiger partial charge in [0.2, 0.25) is 0 Å². The van der Waals surface area contributed by atoms with Crippen LogP contribution < -0.4 is 4.74 Å². The van der Waals surface area contributed by atoms with Crippen molar-refractivity contribution in [3.05, 3.63) is 73.9 Å². The van der Waals surface area contributed by atoms with Crippen LogP contribution in [0.1, 0.15) is 21.7 Å². The molecule has 2 aromatic heterocycles. The van der Waals surface area contributed by atoms with Crippen molar-refractivity contribution >= 4 is 46.4 Å². The molecule has 8 heteroatoms. The second-order valence-corrected chi connectivity index (χ2v) is 7.23. The predicted octanol–water partition coefficient (Wildman–Crippen LogP) is 4.58. The summed E-state index contributed by atoms with van der Waals surface area (Å²) < 4.78 is 11.2. The van der Waals surface area contributed by atoms with Gasteiger partial charge < -0.3 is 14.6 Å². The maximum atomic E-state index is 11.3. The van der Waals surface area contributed by atoms with E-state index in [4.69, 9.17) is 32.7 Å². The van der Waals surface area contributed by atoms with Crippen molar-refractivity contribution in [2.75, 3.05) is 7.11 Å². The lowest BCUT2D eigenvalue weighted by Gasteiger charge is -2.21. The maximum Gasteiger partial charge on any atom is 0.289 e. The van der Waals surface area contributed by atoms with E-state index in [1.165, 1.54) is 23.7 Å². The van der Waals surface area contributed by atoms with Gasteiger partial charge in [0.25, 0.3) is 5.79 Å². The topological polar surface area (TPSA) is 64.5 Å². The molecule has 3 aromatic rings. The van der Waals surface area contributed by atoms with E-state index >= 15 is 0 Å². The molecule has 132 valence electrons. The highest BCUT2D eigenvalue weighted by Gasteiger charge is 2.46. The number of aromatic nitrogens is 2. The third-order valence-corrected chi connectivity index (χ3v) is 5.47. The van der Waals surface area contributed by atoms with Gasteiger partial charge in [-0.15, -0.1) is 11.3 Å². The molecule has 26 heavy (non-hydrogen) atoms. The molecule has 0 bridgehead atoms. The van der Waals surface area contributed by atoms with Crippen molar-refractivity contribution in [1.29, 1.82) is 0 Å². The lowest BCUT2D eigenvalue weighted by Crippen LogP contribution is -2.25. The Morgan fingerprint density at radius 3 is 2.69 bits per heavy atom. The summed E-state index contributed by atoms with van der Waals surface area (Å²) in [6.45, 7) is 0. The van der Waals surface area contributed by atoms with Gasteiger partial charge in [-0.3, -0.25) is 4.98 Å². The minimum atomic E-state index is -1.71. The number of benzene rings is 1. The van der Waals surface area contributed by atoms with Crippen LogP contribution in [-0.4, -0.2) is 22.2 Å². The highest BCUT2D eigenvalue weighted by molar-refractivity contribution is 7.09. The molecule has 1 N–H and O–H groups in total. The van der Waals surface area contributed by atoms with Gasteiger partial charge in [0.05, 0.1) is 17.2 Å². The van der Waals surface area contributed by atoms with Gasteiger partial charge >= 0.3 is 0 Å². The number of nitrogens with zero attached hydrogens (tertiary/aromatic N) is 2. The predicted molar refractivity (Wildman–Crippen MR) is 101 cm³/mol. The molecule has 0 spiro atoms. The van der Waals surface area contributed by atoms with E-state index in [0.29, 0.717) is 43.3 Å². The van der Waals surface area contributed by atoms with Crippen molar-refractivity contribution in [2.45, 2.75) is 5.79 Å². The van der Waals surface area contributed by atoms with Crippen LogP contribution >= 0.6 is 34.5 Å². The van der Waals surface area contributed by atoms with Crippen LogP contribution in [0.3, 0.4) is 0 Å².